The van der Waals surface area contributed by atoms with E-state index in [4.69, 9.17) is 9.47 Å². The molecule has 0 aromatic heterocycles. The van der Waals surface area contributed by atoms with Crippen molar-refractivity contribution in [1.82, 2.24) is 9.80 Å². The molecule has 4 saturated heterocycles. The molecule has 4 aliphatic rings. The molecule has 8 heteroatoms. The zero-order valence-electron chi connectivity index (χ0n) is 21.1. The molecule has 0 radical (unpaired) electrons. The van der Waals surface area contributed by atoms with Crippen LogP contribution in [0.2, 0.25) is 0 Å². The Labute approximate surface area is 209 Å². The number of benzene rings is 1. The Kier molecular flexibility index (Phi) is 7.47. The normalized spacial score (nSPS) is 25.6. The average Bonchev–Trinajstić information content (AvgIpc) is 3.22. The van der Waals surface area contributed by atoms with E-state index in [1.54, 1.807) is 0 Å². The first-order valence-corrected chi connectivity index (χ1v) is 13.4. The number of cyclic esters (lactones) is 1. The van der Waals surface area contributed by atoms with Crippen LogP contribution in [-0.2, 0) is 14.3 Å². The van der Waals surface area contributed by atoms with Gasteiger partial charge in [-0.25, -0.2) is 0 Å². The molecule has 0 saturated carbocycles. The lowest BCUT2D eigenvalue weighted by molar-refractivity contribution is -0.151. The van der Waals surface area contributed by atoms with Gasteiger partial charge in [0.05, 0.1) is 41.6 Å². The SMILES string of the molecule is CCN1CCC2(CC1)CC(CCN1CCN(c3ccc(C#N)cc3N3CCOCC3)CC1)OC2=O. The van der Waals surface area contributed by atoms with Gasteiger partial charge < -0.3 is 24.2 Å². The molecule has 5 rings (SSSR count). The number of rotatable bonds is 6. The summed E-state index contributed by atoms with van der Waals surface area (Å²) in [4.78, 5) is 22.5. The van der Waals surface area contributed by atoms with Gasteiger partial charge in [-0.05, 0) is 57.1 Å². The molecule has 1 aromatic rings. The van der Waals surface area contributed by atoms with E-state index in [0.29, 0.717) is 5.56 Å². The Hall–Kier alpha value is -2.34. The fraction of sp³-hybridized carbons (Fsp3) is 0.704. The summed E-state index contributed by atoms with van der Waals surface area (Å²) in [6, 6.07) is 8.37. The van der Waals surface area contributed by atoms with Crippen molar-refractivity contribution in [2.45, 2.75) is 38.7 Å². The number of anilines is 2. The summed E-state index contributed by atoms with van der Waals surface area (Å²) in [5.41, 5.74) is 2.85. The predicted octanol–water partition coefficient (Wildman–Crippen LogP) is 2.32. The van der Waals surface area contributed by atoms with Gasteiger partial charge in [0.25, 0.3) is 0 Å². The van der Waals surface area contributed by atoms with Gasteiger partial charge in [0.15, 0.2) is 0 Å². The molecule has 4 heterocycles. The molecule has 1 spiro atoms. The van der Waals surface area contributed by atoms with Crippen LogP contribution in [0.4, 0.5) is 11.4 Å². The third-order valence-corrected chi connectivity index (χ3v) is 8.52. The van der Waals surface area contributed by atoms with E-state index in [0.717, 1.165) is 110 Å². The van der Waals surface area contributed by atoms with E-state index in [1.165, 1.54) is 5.69 Å². The van der Waals surface area contributed by atoms with Crippen molar-refractivity contribution >= 4 is 17.3 Å². The number of likely N-dealkylation sites (tertiary alicyclic amines) is 1. The highest BCUT2D eigenvalue weighted by atomic mass is 16.6. The van der Waals surface area contributed by atoms with Crippen LogP contribution in [0.15, 0.2) is 18.2 Å². The lowest BCUT2D eigenvalue weighted by Gasteiger charge is -2.39. The second-order valence-electron chi connectivity index (χ2n) is 10.5. The van der Waals surface area contributed by atoms with Crippen molar-refractivity contribution in [3.05, 3.63) is 23.8 Å². The number of carbonyl (C=O) groups excluding carboxylic acids is 1. The lowest BCUT2D eigenvalue weighted by atomic mass is 9.76. The number of piperidine rings is 1. The standard InChI is InChI=1S/C27H39N5O3/c1-2-29-9-6-27(7-10-29)20-23(35-26(27)33)5-8-30-11-13-31(14-12-30)24-4-3-22(21-28)19-25(24)32-15-17-34-18-16-32/h3-4,19,23H,2,5-18,20H2,1H3. The summed E-state index contributed by atoms with van der Waals surface area (Å²) < 4.78 is 11.4. The summed E-state index contributed by atoms with van der Waals surface area (Å²) >= 11 is 0. The van der Waals surface area contributed by atoms with Crippen molar-refractivity contribution < 1.29 is 14.3 Å². The Morgan fingerprint density at radius 2 is 1.69 bits per heavy atom. The van der Waals surface area contributed by atoms with Gasteiger partial charge in [-0.15, -0.1) is 0 Å². The summed E-state index contributed by atoms with van der Waals surface area (Å²) in [7, 11) is 0. The zero-order chi connectivity index (χ0) is 24.3. The number of carbonyl (C=O) groups is 1. The Balaban J connectivity index is 1.13. The molecule has 0 N–H and O–H groups in total. The maximum atomic E-state index is 12.7. The van der Waals surface area contributed by atoms with Gasteiger partial charge in [0, 0.05) is 52.2 Å². The van der Waals surface area contributed by atoms with E-state index in [-0.39, 0.29) is 17.5 Å². The highest BCUT2D eigenvalue weighted by Crippen LogP contribution is 2.44. The topological polar surface area (TPSA) is 72.3 Å². The summed E-state index contributed by atoms with van der Waals surface area (Å²) in [5.74, 6) is 0.0551. The van der Waals surface area contributed by atoms with Gasteiger partial charge in [0.2, 0.25) is 0 Å². The van der Waals surface area contributed by atoms with E-state index >= 15 is 0 Å². The Morgan fingerprint density at radius 1 is 0.971 bits per heavy atom. The fourth-order valence-corrected chi connectivity index (χ4v) is 6.16. The van der Waals surface area contributed by atoms with Crippen molar-refractivity contribution in [1.29, 1.82) is 5.26 Å². The van der Waals surface area contributed by atoms with Crippen LogP contribution in [0.25, 0.3) is 0 Å². The van der Waals surface area contributed by atoms with Crippen LogP contribution in [0.5, 0.6) is 0 Å². The third kappa shape index (κ3) is 5.28. The quantitative estimate of drug-likeness (QED) is 0.574. The second kappa shape index (κ2) is 10.7. The largest absolute Gasteiger partial charge is 0.462 e. The minimum atomic E-state index is -0.222. The van der Waals surface area contributed by atoms with Gasteiger partial charge in [-0.1, -0.05) is 6.92 Å². The van der Waals surface area contributed by atoms with Crippen molar-refractivity contribution in [3.8, 4) is 6.07 Å². The minimum Gasteiger partial charge on any atom is -0.462 e. The van der Waals surface area contributed by atoms with Crippen LogP contribution in [0.1, 0.15) is 38.2 Å². The molecular weight excluding hydrogens is 442 g/mol. The molecule has 190 valence electrons. The van der Waals surface area contributed by atoms with Crippen molar-refractivity contribution in [2.75, 3.05) is 88.5 Å². The predicted molar refractivity (Wildman–Crippen MR) is 136 cm³/mol. The molecule has 4 fully saturated rings. The monoisotopic (exact) mass is 481 g/mol. The number of esters is 1. The molecule has 35 heavy (non-hydrogen) atoms. The van der Waals surface area contributed by atoms with Crippen molar-refractivity contribution in [3.63, 3.8) is 0 Å². The maximum Gasteiger partial charge on any atom is 0.312 e. The van der Waals surface area contributed by atoms with Crippen LogP contribution in [0, 0.1) is 16.7 Å². The number of nitriles is 1. The molecule has 0 aliphatic carbocycles. The summed E-state index contributed by atoms with van der Waals surface area (Å²) in [6.45, 7) is 13.4. The first-order valence-electron chi connectivity index (χ1n) is 13.4. The lowest BCUT2D eigenvalue weighted by Crippen LogP contribution is -2.47. The second-order valence-corrected chi connectivity index (χ2v) is 10.5. The van der Waals surface area contributed by atoms with Gasteiger partial charge in [-0.2, -0.15) is 5.26 Å². The number of morpholine rings is 1. The van der Waals surface area contributed by atoms with E-state index < -0.39 is 0 Å². The number of nitrogens with zero attached hydrogens (tertiary/aromatic N) is 5. The maximum absolute atomic E-state index is 12.7. The van der Waals surface area contributed by atoms with Gasteiger partial charge in [0.1, 0.15) is 6.10 Å². The first-order chi connectivity index (χ1) is 17.1. The Bertz CT molecular complexity index is 925. The molecule has 1 atom stereocenters. The molecule has 1 unspecified atom stereocenters. The third-order valence-electron chi connectivity index (χ3n) is 8.52. The smallest absolute Gasteiger partial charge is 0.312 e. The van der Waals surface area contributed by atoms with E-state index in [1.807, 2.05) is 12.1 Å². The molecule has 1 aromatic carbocycles. The van der Waals surface area contributed by atoms with Gasteiger partial charge >= 0.3 is 5.97 Å². The fourth-order valence-electron chi connectivity index (χ4n) is 6.16. The molecule has 0 amide bonds. The highest BCUT2D eigenvalue weighted by Gasteiger charge is 2.50. The van der Waals surface area contributed by atoms with Crippen molar-refractivity contribution in [2.24, 2.45) is 5.41 Å². The molecular formula is C27H39N5O3. The van der Waals surface area contributed by atoms with Crippen LogP contribution < -0.4 is 9.80 Å². The van der Waals surface area contributed by atoms with E-state index in [9.17, 15) is 10.1 Å². The number of hydrogen-bond acceptors (Lipinski definition) is 8. The van der Waals surface area contributed by atoms with E-state index in [2.05, 4.69) is 38.7 Å². The van der Waals surface area contributed by atoms with Crippen LogP contribution in [-0.4, -0.2) is 101 Å². The molecule has 0 bridgehead atoms. The number of hydrogen-bond donors (Lipinski definition) is 0. The van der Waals surface area contributed by atoms with Crippen LogP contribution in [0.3, 0.4) is 0 Å². The minimum absolute atomic E-state index is 0.0551. The summed E-state index contributed by atoms with van der Waals surface area (Å²) in [6.07, 6.45) is 3.80. The molecule has 4 aliphatic heterocycles. The summed E-state index contributed by atoms with van der Waals surface area (Å²) in [5, 5.41) is 9.42. The highest BCUT2D eigenvalue weighted by molar-refractivity contribution is 5.79. The number of ether oxygens (including phenoxy) is 2. The first kappa shape index (κ1) is 24.4. The molecule has 8 nitrogen and oxygen atoms in total. The van der Waals surface area contributed by atoms with Crippen LogP contribution >= 0.6 is 0 Å². The zero-order valence-corrected chi connectivity index (χ0v) is 21.1. The Morgan fingerprint density at radius 3 is 2.37 bits per heavy atom. The van der Waals surface area contributed by atoms with Gasteiger partial charge in [-0.3, -0.25) is 9.69 Å². The average molecular weight is 482 g/mol. The number of piperazine rings is 1.